The van der Waals surface area contributed by atoms with Gasteiger partial charge in [-0.3, -0.25) is 14.9 Å². The summed E-state index contributed by atoms with van der Waals surface area (Å²) in [5.41, 5.74) is 3.22. The normalized spacial score (nSPS) is 12.0. The van der Waals surface area contributed by atoms with E-state index < -0.39 is 29.0 Å². The van der Waals surface area contributed by atoms with Crippen LogP contribution in [0.5, 0.6) is 11.5 Å². The Morgan fingerprint density at radius 3 is 2.34 bits per heavy atom. The summed E-state index contributed by atoms with van der Waals surface area (Å²) >= 11 is 0. The Kier molecular flexibility index (Phi) is 5.40. The molecule has 4 rings (SSSR count). The van der Waals surface area contributed by atoms with Crippen LogP contribution in [-0.4, -0.2) is 34.6 Å². The number of carbonyl (C=O) groups excluding carboxylic acids is 2. The molecule has 0 amide bonds. The number of carbonyl (C=O) groups is 2. The Morgan fingerprint density at radius 2 is 1.69 bits per heavy atom. The molecule has 1 aliphatic rings. The summed E-state index contributed by atoms with van der Waals surface area (Å²) in [5.74, 6) is -1.02. The Hall–Kier alpha value is -4.14. The van der Waals surface area contributed by atoms with E-state index in [0.717, 1.165) is 23.0 Å². The van der Waals surface area contributed by atoms with Crippen molar-refractivity contribution in [1.82, 2.24) is 4.57 Å². The molecule has 0 saturated heterocycles. The lowest BCUT2D eigenvalue weighted by atomic mass is 10.1. The van der Waals surface area contributed by atoms with Gasteiger partial charge in [0.25, 0.3) is 5.69 Å². The van der Waals surface area contributed by atoms with Crippen LogP contribution in [0.15, 0.2) is 42.5 Å². The predicted molar refractivity (Wildman–Crippen MR) is 114 cm³/mol. The van der Waals surface area contributed by atoms with Gasteiger partial charge < -0.3 is 18.8 Å². The van der Waals surface area contributed by atoms with Crippen LogP contribution in [0.4, 0.5) is 5.69 Å². The Labute approximate surface area is 183 Å². The van der Waals surface area contributed by atoms with Crippen LogP contribution in [0.2, 0.25) is 0 Å². The van der Waals surface area contributed by atoms with Crippen molar-refractivity contribution in [2.45, 2.75) is 20.8 Å². The van der Waals surface area contributed by atoms with E-state index in [4.69, 9.17) is 14.2 Å². The van der Waals surface area contributed by atoms with Gasteiger partial charge >= 0.3 is 5.97 Å². The van der Waals surface area contributed by atoms with Gasteiger partial charge in [0.05, 0.1) is 11.0 Å². The lowest BCUT2D eigenvalue weighted by Gasteiger charge is -2.10. The number of Topliss-reactive ketones (excluding diaryl/α,β-unsaturated/α-hetero) is 1. The number of ketones is 1. The fraction of sp³-hybridized carbons (Fsp3) is 0.217. The molecule has 0 bridgehead atoms. The molecular formula is C23H20N2O7. The highest BCUT2D eigenvalue weighted by atomic mass is 16.7. The van der Waals surface area contributed by atoms with Gasteiger partial charge in [0.15, 0.2) is 18.1 Å². The summed E-state index contributed by atoms with van der Waals surface area (Å²) in [7, 11) is 0. The maximum Gasteiger partial charge on any atom is 0.345 e. The third kappa shape index (κ3) is 3.80. The molecule has 0 spiro atoms. The van der Waals surface area contributed by atoms with Gasteiger partial charge in [-0.1, -0.05) is 17.7 Å². The number of nitro benzene ring substituents is 1. The summed E-state index contributed by atoms with van der Waals surface area (Å²) in [6, 6.07) is 11.9. The van der Waals surface area contributed by atoms with Crippen molar-refractivity contribution in [3.8, 4) is 17.2 Å². The highest BCUT2D eigenvalue weighted by Crippen LogP contribution is 2.38. The van der Waals surface area contributed by atoms with Crippen LogP contribution < -0.4 is 9.47 Å². The summed E-state index contributed by atoms with van der Waals surface area (Å²) < 4.78 is 17.4. The largest absolute Gasteiger partial charge is 0.454 e. The van der Waals surface area contributed by atoms with E-state index in [1.807, 2.05) is 49.6 Å². The molecule has 2 aromatic carbocycles. The SMILES string of the molecule is Cc1ccc(-n2c(C)cc(C(=O)COC(=O)c3cc4c(cc3[N+](=O)[O-])OCO4)c2C)cc1. The summed E-state index contributed by atoms with van der Waals surface area (Å²) in [5, 5.41) is 11.4. The monoisotopic (exact) mass is 436 g/mol. The minimum absolute atomic E-state index is 0.0971. The molecule has 0 saturated carbocycles. The van der Waals surface area contributed by atoms with Gasteiger partial charge in [-0.2, -0.15) is 0 Å². The molecule has 1 aliphatic heterocycles. The number of aryl methyl sites for hydroxylation is 2. The number of nitrogens with zero attached hydrogens (tertiary/aromatic N) is 2. The Balaban J connectivity index is 1.54. The lowest BCUT2D eigenvalue weighted by Crippen LogP contribution is -2.16. The van der Waals surface area contributed by atoms with Gasteiger partial charge in [0.1, 0.15) is 5.56 Å². The first-order chi connectivity index (χ1) is 15.3. The zero-order valence-electron chi connectivity index (χ0n) is 17.7. The zero-order valence-corrected chi connectivity index (χ0v) is 17.7. The van der Waals surface area contributed by atoms with Gasteiger partial charge in [-0.15, -0.1) is 0 Å². The summed E-state index contributed by atoms with van der Waals surface area (Å²) in [6.45, 7) is 5.03. The van der Waals surface area contributed by atoms with Crippen molar-refractivity contribution < 1.29 is 28.7 Å². The van der Waals surface area contributed by atoms with Crippen molar-refractivity contribution in [1.29, 1.82) is 0 Å². The van der Waals surface area contributed by atoms with E-state index in [2.05, 4.69) is 0 Å². The fourth-order valence-electron chi connectivity index (χ4n) is 3.67. The number of fused-ring (bicyclic) bond motifs is 1. The van der Waals surface area contributed by atoms with E-state index in [1.165, 1.54) is 6.07 Å². The van der Waals surface area contributed by atoms with Crippen molar-refractivity contribution >= 4 is 17.4 Å². The highest BCUT2D eigenvalue weighted by Gasteiger charge is 2.29. The zero-order chi connectivity index (χ0) is 23.0. The number of hydrogen-bond donors (Lipinski definition) is 0. The van der Waals surface area contributed by atoms with Crippen molar-refractivity contribution in [3.63, 3.8) is 0 Å². The standard InChI is InChI=1S/C23H20N2O7/c1-13-4-6-16(7-5-13)24-14(2)8-17(15(24)3)20(26)11-30-23(27)18-9-21-22(32-12-31-21)10-19(18)25(28)29/h4-10H,11-12H2,1-3H3. The first-order valence-electron chi connectivity index (χ1n) is 9.80. The Bertz CT molecular complexity index is 1240. The van der Waals surface area contributed by atoms with Gasteiger partial charge in [-0.05, 0) is 39.0 Å². The fourth-order valence-corrected chi connectivity index (χ4v) is 3.67. The summed E-state index contributed by atoms with van der Waals surface area (Å²) in [4.78, 5) is 36.0. The second-order valence-corrected chi connectivity index (χ2v) is 7.43. The second-order valence-electron chi connectivity index (χ2n) is 7.43. The quantitative estimate of drug-likeness (QED) is 0.248. The molecule has 0 N–H and O–H groups in total. The van der Waals surface area contributed by atoms with Crippen molar-refractivity contribution in [3.05, 3.63) is 80.7 Å². The van der Waals surface area contributed by atoms with E-state index in [9.17, 15) is 19.7 Å². The van der Waals surface area contributed by atoms with Crippen LogP contribution in [0.25, 0.3) is 5.69 Å². The number of hydrogen-bond acceptors (Lipinski definition) is 7. The molecular weight excluding hydrogens is 416 g/mol. The number of rotatable bonds is 6. The number of benzene rings is 2. The predicted octanol–water partition coefficient (Wildman–Crippen LogP) is 4.08. The maximum atomic E-state index is 12.8. The van der Waals surface area contributed by atoms with Crippen LogP contribution in [0, 0.1) is 30.9 Å². The minimum atomic E-state index is -0.990. The molecule has 0 radical (unpaired) electrons. The summed E-state index contributed by atoms with van der Waals surface area (Å²) in [6.07, 6.45) is 0. The molecule has 164 valence electrons. The topological polar surface area (TPSA) is 110 Å². The molecule has 32 heavy (non-hydrogen) atoms. The minimum Gasteiger partial charge on any atom is -0.454 e. The number of ether oxygens (including phenoxy) is 3. The molecule has 9 heteroatoms. The smallest absolute Gasteiger partial charge is 0.345 e. The maximum absolute atomic E-state index is 12.8. The first-order valence-corrected chi connectivity index (χ1v) is 9.80. The molecule has 0 aliphatic carbocycles. The van der Waals surface area contributed by atoms with E-state index >= 15 is 0 Å². The number of esters is 1. The van der Waals surface area contributed by atoms with Crippen LogP contribution in [0.1, 0.15) is 37.7 Å². The van der Waals surface area contributed by atoms with Crippen LogP contribution in [-0.2, 0) is 4.74 Å². The molecule has 0 unspecified atom stereocenters. The number of aromatic nitrogens is 1. The van der Waals surface area contributed by atoms with E-state index in [-0.39, 0.29) is 23.9 Å². The molecule has 0 fully saturated rings. The van der Waals surface area contributed by atoms with Crippen molar-refractivity contribution in [2.24, 2.45) is 0 Å². The Morgan fingerprint density at radius 1 is 1.03 bits per heavy atom. The molecule has 0 atom stereocenters. The average Bonchev–Trinajstić information content (AvgIpc) is 3.35. The molecule has 2 heterocycles. The highest BCUT2D eigenvalue weighted by molar-refractivity contribution is 6.01. The molecule has 3 aromatic rings. The van der Waals surface area contributed by atoms with Crippen LogP contribution >= 0.6 is 0 Å². The third-order valence-corrected chi connectivity index (χ3v) is 5.27. The molecule has 1 aromatic heterocycles. The second kappa shape index (κ2) is 8.18. The number of nitro groups is 1. The molecule has 9 nitrogen and oxygen atoms in total. The van der Waals surface area contributed by atoms with Gasteiger partial charge in [-0.25, -0.2) is 4.79 Å². The lowest BCUT2D eigenvalue weighted by molar-refractivity contribution is -0.385. The van der Waals surface area contributed by atoms with E-state index in [1.54, 1.807) is 6.07 Å². The average molecular weight is 436 g/mol. The van der Waals surface area contributed by atoms with Crippen LogP contribution in [0.3, 0.4) is 0 Å². The first kappa shape index (κ1) is 21.1. The van der Waals surface area contributed by atoms with Gasteiger partial charge in [0.2, 0.25) is 12.6 Å². The van der Waals surface area contributed by atoms with Crippen molar-refractivity contribution in [2.75, 3.05) is 13.4 Å². The van der Waals surface area contributed by atoms with Gasteiger partial charge in [0, 0.05) is 28.7 Å². The van der Waals surface area contributed by atoms with E-state index in [0.29, 0.717) is 11.3 Å². The third-order valence-electron chi connectivity index (χ3n) is 5.27.